The van der Waals surface area contributed by atoms with Crippen LogP contribution in [0.2, 0.25) is 0 Å². The molecule has 1 aliphatic carbocycles. The van der Waals surface area contributed by atoms with E-state index in [-0.39, 0.29) is 17.7 Å². The van der Waals surface area contributed by atoms with Crippen LogP contribution in [0.5, 0.6) is 0 Å². The summed E-state index contributed by atoms with van der Waals surface area (Å²) in [6.07, 6.45) is 2.75. The van der Waals surface area contributed by atoms with Crippen molar-refractivity contribution in [3.8, 4) is 0 Å². The van der Waals surface area contributed by atoms with Crippen LogP contribution in [0.4, 0.5) is 5.69 Å². The lowest BCUT2D eigenvalue weighted by atomic mass is 9.62. The van der Waals surface area contributed by atoms with Crippen molar-refractivity contribution >= 4 is 5.69 Å². The SMILES string of the molecule is CC[C@H]1[C@@H]2C[C@H]3C4N(C)c5ccccc5[C@]45C[C@@H](C2[C@H]5O)[NH+]3[C@@H]1O. The van der Waals surface area contributed by atoms with E-state index in [2.05, 4.69) is 43.1 Å². The number of nitrogens with zero attached hydrogens (tertiary/aromatic N) is 1. The molecule has 10 atom stereocenters. The maximum Gasteiger partial charge on any atom is 0.192 e. The normalized spacial score (nSPS) is 55.8. The highest BCUT2D eigenvalue weighted by molar-refractivity contribution is 5.66. The molecule has 7 rings (SSSR count). The quantitative estimate of drug-likeness (QED) is 0.688. The molecule has 3 unspecified atom stereocenters. The Morgan fingerprint density at radius 2 is 2.04 bits per heavy atom. The van der Waals surface area contributed by atoms with Gasteiger partial charge in [-0.3, -0.25) is 0 Å². The van der Waals surface area contributed by atoms with Crippen LogP contribution in [0.1, 0.15) is 31.7 Å². The Hall–Kier alpha value is -1.10. The first kappa shape index (κ1) is 14.1. The van der Waals surface area contributed by atoms with E-state index < -0.39 is 0 Å². The van der Waals surface area contributed by atoms with Crippen LogP contribution in [0.15, 0.2) is 24.3 Å². The average Bonchev–Trinajstić information content (AvgIpc) is 2.97. The number of rotatable bonds is 1. The molecule has 3 N–H and O–H groups in total. The van der Waals surface area contributed by atoms with Gasteiger partial charge in [0.1, 0.15) is 6.04 Å². The van der Waals surface area contributed by atoms with Gasteiger partial charge < -0.3 is 20.0 Å². The molecule has 1 saturated carbocycles. The van der Waals surface area contributed by atoms with Crippen LogP contribution >= 0.6 is 0 Å². The van der Waals surface area contributed by atoms with Crippen LogP contribution in [0.3, 0.4) is 0 Å². The number of aliphatic hydroxyl groups is 2. The number of hydrogen-bond acceptors (Lipinski definition) is 3. The highest BCUT2D eigenvalue weighted by atomic mass is 16.3. The van der Waals surface area contributed by atoms with Gasteiger partial charge in [-0.05, 0) is 24.0 Å². The van der Waals surface area contributed by atoms with Crippen molar-refractivity contribution in [3.05, 3.63) is 29.8 Å². The number of piperidine rings is 4. The minimum atomic E-state index is -0.257. The first-order valence-electron chi connectivity index (χ1n) is 9.66. The van der Waals surface area contributed by atoms with Crippen molar-refractivity contribution in [3.63, 3.8) is 0 Å². The zero-order valence-electron chi connectivity index (χ0n) is 14.4. The predicted octanol–water partition coefficient (Wildman–Crippen LogP) is 0.137. The molecule has 6 aliphatic rings. The van der Waals surface area contributed by atoms with Crippen molar-refractivity contribution in [1.29, 1.82) is 0 Å². The molecular formula is C20H27N2O2+. The molecule has 5 heterocycles. The van der Waals surface area contributed by atoms with Crippen LogP contribution in [0, 0.1) is 17.8 Å². The number of quaternary nitrogens is 1. The second-order valence-electron chi connectivity index (χ2n) is 8.97. The fourth-order valence-corrected chi connectivity index (χ4v) is 8.16. The van der Waals surface area contributed by atoms with Gasteiger partial charge in [-0.2, -0.15) is 0 Å². The maximum atomic E-state index is 11.6. The third kappa shape index (κ3) is 1.20. The standard InChI is InChI=1S/C20H26N2O2/c1-3-10-11-8-14-17-20(12-6-4-5-7-13(12)21(17)2)9-15(16(11)18(20)23)22(14)19(10)24/h4-7,10-11,14-19,23-24H,3,8-9H2,1-2H3/p+1/t10-,11-,14-,15-,16?,17?,18+,19+,20+/m0/s1. The number of fused-ring (bicyclic) bond motifs is 2. The molecule has 0 amide bonds. The summed E-state index contributed by atoms with van der Waals surface area (Å²) in [6.45, 7) is 2.20. The first-order valence-corrected chi connectivity index (χ1v) is 9.66. The van der Waals surface area contributed by atoms with Gasteiger partial charge in [0.25, 0.3) is 0 Å². The molecule has 1 spiro atoms. The van der Waals surface area contributed by atoms with E-state index in [1.165, 1.54) is 22.6 Å². The number of likely N-dealkylation sites (N-methyl/N-ethyl adjacent to an activating group) is 1. The molecular weight excluding hydrogens is 300 g/mol. The summed E-state index contributed by atoms with van der Waals surface area (Å²) in [5, 5.41) is 22.7. The Morgan fingerprint density at radius 3 is 2.83 bits per heavy atom. The summed E-state index contributed by atoms with van der Waals surface area (Å²) in [5.41, 5.74) is 2.56. The Balaban J connectivity index is 1.60. The Bertz CT molecular complexity index is 723. The van der Waals surface area contributed by atoms with E-state index in [9.17, 15) is 10.2 Å². The topological polar surface area (TPSA) is 48.1 Å². The van der Waals surface area contributed by atoms with Crippen molar-refractivity contribution < 1.29 is 15.1 Å². The van der Waals surface area contributed by atoms with Crippen LogP contribution in [0.25, 0.3) is 0 Å². The molecule has 4 heteroatoms. The van der Waals surface area contributed by atoms with E-state index in [0.717, 1.165) is 12.8 Å². The molecule has 128 valence electrons. The van der Waals surface area contributed by atoms with Gasteiger partial charge in [-0.15, -0.1) is 0 Å². The van der Waals surface area contributed by atoms with Gasteiger partial charge in [0, 0.05) is 37.4 Å². The lowest BCUT2D eigenvalue weighted by molar-refractivity contribution is -1.02. The van der Waals surface area contributed by atoms with E-state index >= 15 is 0 Å². The predicted molar refractivity (Wildman–Crippen MR) is 90.9 cm³/mol. The van der Waals surface area contributed by atoms with E-state index in [1.54, 1.807) is 0 Å². The molecule has 24 heavy (non-hydrogen) atoms. The zero-order valence-corrected chi connectivity index (χ0v) is 14.4. The van der Waals surface area contributed by atoms with Crippen molar-refractivity contribution in [2.24, 2.45) is 17.8 Å². The molecule has 1 aromatic carbocycles. The van der Waals surface area contributed by atoms with Crippen molar-refractivity contribution in [2.45, 2.75) is 62.1 Å². The molecule has 5 aliphatic heterocycles. The average molecular weight is 327 g/mol. The van der Waals surface area contributed by atoms with Crippen LogP contribution in [-0.4, -0.2) is 47.7 Å². The molecule has 0 radical (unpaired) electrons. The largest absolute Gasteiger partial charge is 0.392 e. The number of aliphatic hydroxyl groups excluding tert-OH is 2. The second kappa shape index (κ2) is 4.17. The van der Waals surface area contributed by atoms with E-state index in [1.807, 2.05) is 0 Å². The third-order valence-electron chi connectivity index (χ3n) is 8.67. The highest BCUT2D eigenvalue weighted by Crippen LogP contribution is 2.63. The highest BCUT2D eigenvalue weighted by Gasteiger charge is 2.79. The summed E-state index contributed by atoms with van der Waals surface area (Å²) in [7, 11) is 2.20. The van der Waals surface area contributed by atoms with Crippen LogP contribution in [-0.2, 0) is 5.41 Å². The monoisotopic (exact) mass is 327 g/mol. The molecule has 4 saturated heterocycles. The minimum absolute atomic E-state index is 0.105. The van der Waals surface area contributed by atoms with Gasteiger partial charge in [-0.1, -0.05) is 25.1 Å². The molecule has 5 bridgehead atoms. The molecule has 4 nitrogen and oxygen atoms in total. The Morgan fingerprint density at radius 1 is 1.25 bits per heavy atom. The first-order chi connectivity index (χ1) is 11.6. The molecule has 0 aromatic heterocycles. The number of hydrogen-bond donors (Lipinski definition) is 3. The number of para-hydroxylation sites is 1. The van der Waals surface area contributed by atoms with Crippen molar-refractivity contribution in [2.75, 3.05) is 11.9 Å². The Labute approximate surface area is 143 Å². The van der Waals surface area contributed by atoms with Gasteiger partial charge in [-0.25, -0.2) is 0 Å². The minimum Gasteiger partial charge on any atom is -0.392 e. The number of benzene rings is 1. The second-order valence-corrected chi connectivity index (χ2v) is 8.97. The summed E-state index contributed by atoms with van der Waals surface area (Å²) in [4.78, 5) is 3.84. The number of anilines is 1. The maximum absolute atomic E-state index is 11.6. The lowest BCUT2D eigenvalue weighted by Crippen LogP contribution is -3.29. The Kier molecular flexibility index (Phi) is 2.45. The van der Waals surface area contributed by atoms with E-state index in [0.29, 0.717) is 35.9 Å². The van der Waals surface area contributed by atoms with Gasteiger partial charge in [0.2, 0.25) is 0 Å². The van der Waals surface area contributed by atoms with E-state index in [4.69, 9.17) is 0 Å². The fourth-order valence-electron chi connectivity index (χ4n) is 8.16. The van der Waals surface area contributed by atoms with Gasteiger partial charge in [0.05, 0.1) is 23.6 Å². The van der Waals surface area contributed by atoms with Crippen LogP contribution < -0.4 is 9.80 Å². The smallest absolute Gasteiger partial charge is 0.192 e. The van der Waals surface area contributed by atoms with Gasteiger partial charge in [0.15, 0.2) is 6.23 Å². The van der Waals surface area contributed by atoms with Crippen molar-refractivity contribution in [1.82, 2.24) is 0 Å². The fraction of sp³-hybridized carbons (Fsp3) is 0.700. The number of nitrogens with one attached hydrogen (secondary N) is 1. The third-order valence-corrected chi connectivity index (χ3v) is 8.67. The summed E-state index contributed by atoms with van der Waals surface area (Å²) >= 11 is 0. The summed E-state index contributed by atoms with van der Waals surface area (Å²) in [6, 6.07) is 9.94. The zero-order chi connectivity index (χ0) is 16.4. The molecule has 5 fully saturated rings. The lowest BCUT2D eigenvalue weighted by Gasteiger charge is -2.59. The van der Waals surface area contributed by atoms with Gasteiger partial charge >= 0.3 is 0 Å². The summed E-state index contributed by atoms with van der Waals surface area (Å²) < 4.78 is 0. The molecule has 1 aromatic rings. The summed E-state index contributed by atoms with van der Waals surface area (Å²) in [5.74, 6) is 1.23.